The Balaban J connectivity index is 1.73. The zero-order chi connectivity index (χ0) is 17.0. The summed E-state index contributed by atoms with van der Waals surface area (Å²) in [4.78, 5) is 5.60. The van der Waals surface area contributed by atoms with Crippen molar-refractivity contribution in [3.63, 3.8) is 0 Å². The van der Waals surface area contributed by atoms with Crippen molar-refractivity contribution in [1.82, 2.24) is 9.71 Å². The number of hydrogen-bond acceptors (Lipinski definition) is 4. The average Bonchev–Trinajstić information content (AvgIpc) is 3.15. The van der Waals surface area contributed by atoms with Gasteiger partial charge in [-0.3, -0.25) is 4.98 Å². The smallest absolute Gasteiger partial charge is 0.240 e. The molecule has 0 aliphatic rings. The summed E-state index contributed by atoms with van der Waals surface area (Å²) < 4.78 is 27.4. The number of rotatable bonds is 6. The number of nitrogens with zero attached hydrogens (tertiary/aromatic N) is 1. The molecule has 0 fully saturated rings. The van der Waals surface area contributed by atoms with Crippen LogP contribution in [0.5, 0.6) is 0 Å². The summed E-state index contributed by atoms with van der Waals surface area (Å²) in [5.41, 5.74) is 2.94. The van der Waals surface area contributed by atoms with Gasteiger partial charge >= 0.3 is 0 Å². The first-order valence-corrected chi connectivity index (χ1v) is 10.0. The Morgan fingerprint density at radius 3 is 2.54 bits per heavy atom. The standard InChI is InChI=1S/C18H18N2O2S2/c1-2-14-5-7-17(8-6-14)24(21,22)20-12-15-10-16(13-19-11-15)18-4-3-9-23-18/h3-11,13,20H,2,12H2,1H3. The Labute approximate surface area is 146 Å². The maximum Gasteiger partial charge on any atom is 0.240 e. The molecule has 124 valence electrons. The third-order valence-corrected chi connectivity index (χ3v) is 6.04. The van der Waals surface area contributed by atoms with Crippen molar-refractivity contribution in [2.45, 2.75) is 24.8 Å². The zero-order valence-electron chi connectivity index (χ0n) is 13.3. The third-order valence-electron chi connectivity index (χ3n) is 3.71. The molecule has 0 spiro atoms. The minimum absolute atomic E-state index is 0.212. The SMILES string of the molecule is CCc1ccc(S(=O)(=O)NCc2cncc(-c3cccs3)c2)cc1. The fourth-order valence-electron chi connectivity index (χ4n) is 2.33. The van der Waals surface area contributed by atoms with Crippen LogP contribution in [-0.2, 0) is 23.0 Å². The number of nitrogens with one attached hydrogen (secondary N) is 1. The van der Waals surface area contributed by atoms with Gasteiger partial charge in [0.1, 0.15) is 0 Å². The topological polar surface area (TPSA) is 59.1 Å². The lowest BCUT2D eigenvalue weighted by Gasteiger charge is -2.08. The van der Waals surface area contributed by atoms with Crippen LogP contribution in [0.25, 0.3) is 10.4 Å². The van der Waals surface area contributed by atoms with Crippen LogP contribution in [0.2, 0.25) is 0 Å². The number of thiophene rings is 1. The summed E-state index contributed by atoms with van der Waals surface area (Å²) in [5.74, 6) is 0. The van der Waals surface area contributed by atoms with Crippen molar-refractivity contribution in [1.29, 1.82) is 0 Å². The van der Waals surface area contributed by atoms with Crippen LogP contribution in [0, 0.1) is 0 Å². The molecule has 24 heavy (non-hydrogen) atoms. The van der Waals surface area contributed by atoms with E-state index in [0.717, 1.165) is 28.0 Å². The Bertz CT molecular complexity index is 902. The number of sulfonamides is 1. The maximum atomic E-state index is 12.4. The van der Waals surface area contributed by atoms with E-state index in [1.165, 1.54) is 0 Å². The fraction of sp³-hybridized carbons (Fsp3) is 0.167. The predicted octanol–water partition coefficient (Wildman–Crippen LogP) is 3.85. The molecule has 6 heteroatoms. The number of benzene rings is 1. The van der Waals surface area contributed by atoms with Crippen LogP contribution in [-0.4, -0.2) is 13.4 Å². The number of aromatic nitrogens is 1. The van der Waals surface area contributed by atoms with E-state index in [4.69, 9.17) is 0 Å². The van der Waals surface area contributed by atoms with Gasteiger partial charge < -0.3 is 0 Å². The first-order chi connectivity index (χ1) is 11.6. The van der Waals surface area contributed by atoms with Gasteiger partial charge in [-0.15, -0.1) is 11.3 Å². The van der Waals surface area contributed by atoms with E-state index in [-0.39, 0.29) is 11.4 Å². The highest BCUT2D eigenvalue weighted by Crippen LogP contribution is 2.24. The van der Waals surface area contributed by atoms with E-state index in [1.54, 1.807) is 35.9 Å². The van der Waals surface area contributed by atoms with Crippen molar-refractivity contribution in [3.8, 4) is 10.4 Å². The summed E-state index contributed by atoms with van der Waals surface area (Å²) in [5, 5.41) is 2.00. The average molecular weight is 358 g/mol. The van der Waals surface area contributed by atoms with Gasteiger partial charge in [-0.05, 0) is 47.2 Å². The van der Waals surface area contributed by atoms with E-state index >= 15 is 0 Å². The van der Waals surface area contributed by atoms with E-state index in [1.807, 2.05) is 42.6 Å². The molecule has 1 aromatic carbocycles. The second kappa shape index (κ2) is 7.25. The van der Waals surface area contributed by atoms with Crippen molar-refractivity contribution in [3.05, 3.63) is 71.4 Å². The number of pyridine rings is 1. The highest BCUT2D eigenvalue weighted by atomic mass is 32.2. The van der Waals surface area contributed by atoms with Crippen molar-refractivity contribution in [2.24, 2.45) is 0 Å². The third kappa shape index (κ3) is 3.90. The Morgan fingerprint density at radius 2 is 1.88 bits per heavy atom. The summed E-state index contributed by atoms with van der Waals surface area (Å²) in [6.45, 7) is 2.25. The normalized spacial score (nSPS) is 11.5. The molecule has 0 aliphatic carbocycles. The number of aryl methyl sites for hydroxylation is 1. The van der Waals surface area contributed by atoms with Crippen molar-refractivity contribution in [2.75, 3.05) is 0 Å². The highest BCUT2D eigenvalue weighted by molar-refractivity contribution is 7.89. The molecule has 3 aromatic rings. The van der Waals surface area contributed by atoms with Crippen LogP contribution in [0.4, 0.5) is 0 Å². The molecule has 0 aliphatic heterocycles. The van der Waals surface area contributed by atoms with Gasteiger partial charge in [0.05, 0.1) is 4.90 Å². The lowest BCUT2D eigenvalue weighted by Crippen LogP contribution is -2.23. The maximum absolute atomic E-state index is 12.4. The van der Waals surface area contributed by atoms with Gasteiger partial charge in [-0.2, -0.15) is 0 Å². The van der Waals surface area contributed by atoms with E-state index in [2.05, 4.69) is 9.71 Å². The zero-order valence-corrected chi connectivity index (χ0v) is 14.9. The molecule has 4 nitrogen and oxygen atoms in total. The van der Waals surface area contributed by atoms with Crippen LogP contribution >= 0.6 is 11.3 Å². The van der Waals surface area contributed by atoms with Crippen molar-refractivity contribution >= 4 is 21.4 Å². The van der Waals surface area contributed by atoms with Gasteiger partial charge in [0.25, 0.3) is 0 Å². The van der Waals surface area contributed by atoms with Crippen LogP contribution in [0.3, 0.4) is 0 Å². The van der Waals surface area contributed by atoms with Gasteiger partial charge in [0.15, 0.2) is 0 Å². The summed E-state index contributed by atoms with van der Waals surface area (Å²) >= 11 is 1.63. The minimum Gasteiger partial charge on any atom is -0.264 e. The molecular formula is C18H18N2O2S2. The quantitative estimate of drug-likeness (QED) is 0.728. The van der Waals surface area contributed by atoms with E-state index < -0.39 is 10.0 Å². The van der Waals surface area contributed by atoms with Gasteiger partial charge in [0.2, 0.25) is 10.0 Å². The lowest BCUT2D eigenvalue weighted by molar-refractivity contribution is 0.581. The van der Waals surface area contributed by atoms with Crippen LogP contribution in [0.15, 0.2) is 65.1 Å². The lowest BCUT2D eigenvalue weighted by atomic mass is 10.2. The Morgan fingerprint density at radius 1 is 1.08 bits per heavy atom. The van der Waals surface area contributed by atoms with E-state index in [9.17, 15) is 8.42 Å². The molecule has 0 unspecified atom stereocenters. The van der Waals surface area contributed by atoms with Gasteiger partial charge in [-0.1, -0.05) is 25.1 Å². The molecule has 2 aromatic heterocycles. The second-order valence-corrected chi connectivity index (χ2v) is 8.10. The molecule has 0 amide bonds. The number of hydrogen-bond donors (Lipinski definition) is 1. The van der Waals surface area contributed by atoms with Gasteiger partial charge in [0, 0.05) is 29.4 Å². The summed E-state index contributed by atoms with van der Waals surface area (Å²) in [6.07, 6.45) is 4.35. The molecule has 1 N–H and O–H groups in total. The molecule has 0 radical (unpaired) electrons. The first-order valence-electron chi connectivity index (χ1n) is 7.65. The summed E-state index contributed by atoms with van der Waals surface area (Å²) in [6, 6.07) is 12.9. The van der Waals surface area contributed by atoms with Crippen LogP contribution in [0.1, 0.15) is 18.1 Å². The predicted molar refractivity (Wildman–Crippen MR) is 97.4 cm³/mol. The monoisotopic (exact) mass is 358 g/mol. The second-order valence-electron chi connectivity index (χ2n) is 5.38. The molecule has 0 bridgehead atoms. The molecule has 3 rings (SSSR count). The highest BCUT2D eigenvalue weighted by Gasteiger charge is 2.13. The summed E-state index contributed by atoms with van der Waals surface area (Å²) in [7, 11) is -3.53. The van der Waals surface area contributed by atoms with Gasteiger partial charge in [-0.25, -0.2) is 13.1 Å². The largest absolute Gasteiger partial charge is 0.264 e. The fourth-order valence-corrected chi connectivity index (χ4v) is 4.05. The minimum atomic E-state index is -3.53. The Hall–Kier alpha value is -2.02. The van der Waals surface area contributed by atoms with Crippen LogP contribution < -0.4 is 4.72 Å². The molecule has 0 atom stereocenters. The first kappa shape index (κ1) is 16.8. The molecular weight excluding hydrogens is 340 g/mol. The van der Waals surface area contributed by atoms with E-state index in [0.29, 0.717) is 0 Å². The molecule has 2 heterocycles. The molecule has 0 saturated heterocycles. The van der Waals surface area contributed by atoms with Crippen molar-refractivity contribution < 1.29 is 8.42 Å². The Kier molecular flexibility index (Phi) is 5.08. The molecule has 0 saturated carbocycles.